The van der Waals surface area contributed by atoms with Gasteiger partial charge in [0.05, 0.1) is 11.3 Å². The maximum absolute atomic E-state index is 13.3. The van der Waals surface area contributed by atoms with Gasteiger partial charge in [0, 0.05) is 49.5 Å². The minimum Gasteiger partial charge on any atom is -0.351 e. The third-order valence-electron chi connectivity index (χ3n) is 6.06. The number of anilines is 1. The monoisotopic (exact) mass is 496 g/mol. The standard InChI is InChI=1S/C25H20ClF3N6/c26-20-6-1-3-17(13-20)16-33-9-11-34(12-10-33)24-21(15-30)23-31-8-7-22(35(23)32-24)18-4-2-5-19(14-18)25(27,28)29/h1-8,13-14H,9-12,16H2. The molecule has 0 N–H and O–H groups in total. The number of aromatic nitrogens is 3. The van der Waals surface area contributed by atoms with Gasteiger partial charge in [-0.25, -0.2) is 9.50 Å². The quantitative estimate of drug-likeness (QED) is 0.385. The molecule has 1 aliphatic heterocycles. The molecule has 2 aromatic carbocycles. The molecule has 10 heteroatoms. The van der Waals surface area contributed by atoms with Crippen LogP contribution in [0.15, 0.2) is 60.8 Å². The highest BCUT2D eigenvalue weighted by Gasteiger charge is 2.31. The molecule has 0 atom stereocenters. The van der Waals surface area contributed by atoms with E-state index in [0.29, 0.717) is 46.4 Å². The van der Waals surface area contributed by atoms with E-state index in [1.165, 1.54) is 16.8 Å². The van der Waals surface area contributed by atoms with Gasteiger partial charge in [0.15, 0.2) is 11.5 Å². The third-order valence-corrected chi connectivity index (χ3v) is 6.30. The molecule has 178 valence electrons. The number of hydrogen-bond acceptors (Lipinski definition) is 5. The zero-order valence-corrected chi connectivity index (χ0v) is 19.3. The van der Waals surface area contributed by atoms with Gasteiger partial charge >= 0.3 is 6.18 Å². The van der Waals surface area contributed by atoms with E-state index in [4.69, 9.17) is 11.6 Å². The predicted octanol–water partition coefficient (Wildman–Crippen LogP) is 5.26. The second kappa shape index (κ2) is 9.21. The molecule has 1 saturated heterocycles. The number of hydrogen-bond donors (Lipinski definition) is 0. The van der Waals surface area contributed by atoms with E-state index in [0.717, 1.165) is 37.3 Å². The summed E-state index contributed by atoms with van der Waals surface area (Å²) in [5.74, 6) is 0.488. The van der Waals surface area contributed by atoms with Gasteiger partial charge in [-0.3, -0.25) is 4.90 Å². The van der Waals surface area contributed by atoms with E-state index < -0.39 is 11.7 Å². The number of nitrogens with zero attached hydrogens (tertiary/aromatic N) is 6. The molecule has 0 radical (unpaired) electrons. The van der Waals surface area contributed by atoms with E-state index in [-0.39, 0.29) is 0 Å². The maximum Gasteiger partial charge on any atom is 0.416 e. The minimum atomic E-state index is -4.46. The lowest BCUT2D eigenvalue weighted by molar-refractivity contribution is -0.137. The molecule has 0 amide bonds. The molecule has 4 aromatic rings. The molecule has 1 fully saturated rings. The van der Waals surface area contributed by atoms with Gasteiger partial charge in [0.2, 0.25) is 0 Å². The number of rotatable bonds is 4. The molecule has 0 saturated carbocycles. The smallest absolute Gasteiger partial charge is 0.351 e. The van der Waals surface area contributed by atoms with Crippen molar-refractivity contribution in [2.24, 2.45) is 0 Å². The van der Waals surface area contributed by atoms with Crippen molar-refractivity contribution in [3.05, 3.63) is 82.5 Å². The lowest BCUT2D eigenvalue weighted by atomic mass is 10.1. The summed E-state index contributed by atoms with van der Waals surface area (Å²) in [7, 11) is 0. The van der Waals surface area contributed by atoms with Crippen molar-refractivity contribution < 1.29 is 13.2 Å². The lowest BCUT2D eigenvalue weighted by Crippen LogP contribution is -2.46. The summed E-state index contributed by atoms with van der Waals surface area (Å²) in [6.07, 6.45) is -2.97. The number of fused-ring (bicyclic) bond motifs is 1. The second-order valence-electron chi connectivity index (χ2n) is 8.35. The van der Waals surface area contributed by atoms with Crippen molar-refractivity contribution in [2.45, 2.75) is 12.7 Å². The van der Waals surface area contributed by atoms with Crippen LogP contribution >= 0.6 is 11.6 Å². The Hall–Kier alpha value is -3.61. The Morgan fingerprint density at radius 3 is 2.49 bits per heavy atom. The Kier molecular flexibility index (Phi) is 6.09. The van der Waals surface area contributed by atoms with E-state index >= 15 is 0 Å². The van der Waals surface area contributed by atoms with Crippen LogP contribution in [-0.4, -0.2) is 45.7 Å². The van der Waals surface area contributed by atoms with Crippen LogP contribution in [0, 0.1) is 11.3 Å². The Balaban J connectivity index is 1.43. The van der Waals surface area contributed by atoms with Crippen molar-refractivity contribution in [3.63, 3.8) is 0 Å². The fraction of sp³-hybridized carbons (Fsp3) is 0.240. The molecule has 6 nitrogen and oxygen atoms in total. The second-order valence-corrected chi connectivity index (χ2v) is 8.78. The number of piperazine rings is 1. The highest BCUT2D eigenvalue weighted by molar-refractivity contribution is 6.30. The fourth-order valence-electron chi connectivity index (χ4n) is 4.34. The van der Waals surface area contributed by atoms with Crippen LogP contribution in [0.5, 0.6) is 0 Å². The SMILES string of the molecule is N#Cc1c(N2CCN(Cc3cccc(Cl)c3)CC2)nn2c(-c3cccc(C(F)(F)F)c3)ccnc12. The van der Waals surface area contributed by atoms with Crippen LogP contribution in [0.1, 0.15) is 16.7 Å². The van der Waals surface area contributed by atoms with Gasteiger partial charge in [0.25, 0.3) is 0 Å². The number of benzene rings is 2. The maximum atomic E-state index is 13.3. The molecular weight excluding hydrogens is 477 g/mol. The van der Waals surface area contributed by atoms with Crippen molar-refractivity contribution >= 4 is 23.1 Å². The van der Waals surface area contributed by atoms with Crippen LogP contribution in [0.2, 0.25) is 5.02 Å². The molecular formula is C25H20ClF3N6. The first kappa shape index (κ1) is 23.1. The van der Waals surface area contributed by atoms with Gasteiger partial charge in [0.1, 0.15) is 11.6 Å². The minimum absolute atomic E-state index is 0.308. The molecule has 1 aliphatic rings. The van der Waals surface area contributed by atoms with Crippen LogP contribution in [0.3, 0.4) is 0 Å². The summed E-state index contributed by atoms with van der Waals surface area (Å²) in [4.78, 5) is 8.64. The largest absolute Gasteiger partial charge is 0.416 e. The van der Waals surface area contributed by atoms with Gasteiger partial charge in [-0.2, -0.15) is 18.4 Å². The molecule has 0 unspecified atom stereocenters. The summed E-state index contributed by atoms with van der Waals surface area (Å²) in [5.41, 5.74) is 1.79. The highest BCUT2D eigenvalue weighted by atomic mass is 35.5. The Labute approximate surface area is 204 Å². The molecule has 5 rings (SSSR count). The highest BCUT2D eigenvalue weighted by Crippen LogP contribution is 2.33. The Morgan fingerprint density at radius 2 is 1.77 bits per heavy atom. The van der Waals surface area contributed by atoms with Crippen molar-refractivity contribution in [3.8, 4) is 17.3 Å². The molecule has 3 heterocycles. The van der Waals surface area contributed by atoms with Crippen molar-refractivity contribution in [1.29, 1.82) is 5.26 Å². The van der Waals surface area contributed by atoms with E-state index in [9.17, 15) is 18.4 Å². The van der Waals surface area contributed by atoms with Gasteiger partial charge in [-0.1, -0.05) is 35.9 Å². The predicted molar refractivity (Wildman–Crippen MR) is 127 cm³/mol. The summed E-state index contributed by atoms with van der Waals surface area (Å²) < 4.78 is 41.2. The summed E-state index contributed by atoms with van der Waals surface area (Å²) in [5, 5.41) is 15.2. The molecule has 0 spiro atoms. The van der Waals surface area contributed by atoms with E-state index in [1.54, 1.807) is 12.1 Å². The average Bonchev–Trinajstić information content (AvgIpc) is 3.23. The first-order valence-corrected chi connectivity index (χ1v) is 11.4. The molecule has 0 aliphatic carbocycles. The van der Waals surface area contributed by atoms with Crippen LogP contribution in [0.4, 0.5) is 19.0 Å². The van der Waals surface area contributed by atoms with Gasteiger partial charge in [-0.05, 0) is 35.9 Å². The third kappa shape index (κ3) is 4.67. The first-order valence-electron chi connectivity index (χ1n) is 11.0. The van der Waals surface area contributed by atoms with Crippen LogP contribution in [0.25, 0.3) is 16.9 Å². The van der Waals surface area contributed by atoms with Crippen LogP contribution < -0.4 is 4.90 Å². The Morgan fingerprint density at radius 1 is 1.00 bits per heavy atom. The van der Waals surface area contributed by atoms with Crippen molar-refractivity contribution in [2.75, 3.05) is 31.1 Å². The number of alkyl halides is 3. The normalized spacial score (nSPS) is 14.9. The zero-order valence-electron chi connectivity index (χ0n) is 18.5. The molecule has 35 heavy (non-hydrogen) atoms. The lowest BCUT2D eigenvalue weighted by Gasteiger charge is -2.35. The average molecular weight is 497 g/mol. The Bertz CT molecular complexity index is 1420. The van der Waals surface area contributed by atoms with E-state index in [2.05, 4.69) is 21.1 Å². The molecule has 0 bridgehead atoms. The molecule has 2 aromatic heterocycles. The van der Waals surface area contributed by atoms with Crippen molar-refractivity contribution in [1.82, 2.24) is 19.5 Å². The first-order chi connectivity index (χ1) is 16.8. The van der Waals surface area contributed by atoms with E-state index in [1.807, 2.05) is 29.2 Å². The summed E-state index contributed by atoms with van der Waals surface area (Å²) in [6, 6.07) is 16.6. The number of halogens is 4. The zero-order chi connectivity index (χ0) is 24.6. The fourth-order valence-corrected chi connectivity index (χ4v) is 4.55. The van der Waals surface area contributed by atoms with Gasteiger partial charge in [-0.15, -0.1) is 5.10 Å². The van der Waals surface area contributed by atoms with Gasteiger partial charge < -0.3 is 4.90 Å². The van der Waals surface area contributed by atoms with Crippen LogP contribution in [-0.2, 0) is 12.7 Å². The number of nitriles is 1. The summed E-state index contributed by atoms with van der Waals surface area (Å²) >= 11 is 6.10. The summed E-state index contributed by atoms with van der Waals surface area (Å²) in [6.45, 7) is 3.60. The topological polar surface area (TPSA) is 60.5 Å².